The Morgan fingerprint density at radius 3 is 1.12 bits per heavy atom. The highest BCUT2D eigenvalue weighted by atomic mass is 16.7. The normalized spacial score (nSPS) is 35.0. The average Bonchev–Trinajstić information content (AvgIpc) is 3.17. The molecule has 0 aliphatic carbocycles. The van der Waals surface area contributed by atoms with E-state index in [2.05, 4.69) is 93.2 Å². The molecule has 0 saturated carbocycles. The molecular weight excluding hydrogens is 532 g/mol. The Morgan fingerprint density at radius 1 is 0.571 bits per heavy atom. The third-order valence-electron chi connectivity index (χ3n) is 10.1. The molecule has 0 aromatic rings. The van der Waals surface area contributed by atoms with Gasteiger partial charge in [0.2, 0.25) is 0 Å². The van der Waals surface area contributed by atoms with Crippen molar-refractivity contribution in [3.8, 4) is 0 Å². The van der Waals surface area contributed by atoms with Gasteiger partial charge in [0, 0.05) is 60.7 Å². The van der Waals surface area contributed by atoms with Crippen molar-refractivity contribution in [2.75, 3.05) is 13.2 Å². The maximum Gasteiger partial charge on any atom is 0.167 e. The zero-order valence-corrected chi connectivity index (χ0v) is 28.8. The molecule has 4 saturated heterocycles. The van der Waals surface area contributed by atoms with Gasteiger partial charge in [0.05, 0.1) is 24.4 Å². The Bertz CT molecular complexity index is 933. The molecule has 0 aromatic heterocycles. The van der Waals surface area contributed by atoms with Crippen LogP contribution in [0.25, 0.3) is 0 Å². The van der Waals surface area contributed by atoms with Gasteiger partial charge in [-0.2, -0.15) is 10.1 Å². The fraction of sp³-hybridized carbons (Fsp3) is 0.941. The number of piperidine rings is 2. The average molecular weight is 593 g/mol. The standard InChI is InChI=1S/C34H60N2O6/c1-13-17-39-35-27(3,4)21-33(22-28(35,5)6)25(37)19-31(11,41-33)15-16-32(12)20-26(38)34(42-32)23-29(7,8)36(40-18-14-2)30(9,10)24-34/h13-24H2,1-12H3. The number of hydrogen-bond donors (Lipinski definition) is 0. The van der Waals surface area contributed by atoms with Crippen LogP contribution in [0.15, 0.2) is 0 Å². The summed E-state index contributed by atoms with van der Waals surface area (Å²) >= 11 is 0. The molecule has 42 heavy (non-hydrogen) atoms. The Morgan fingerprint density at radius 2 is 0.857 bits per heavy atom. The van der Waals surface area contributed by atoms with Gasteiger partial charge in [-0.05, 0) is 94.9 Å². The lowest BCUT2D eigenvalue weighted by molar-refractivity contribution is -0.310. The van der Waals surface area contributed by atoms with Crippen LogP contribution in [0.1, 0.15) is 147 Å². The van der Waals surface area contributed by atoms with Gasteiger partial charge in [0.15, 0.2) is 11.6 Å². The van der Waals surface area contributed by atoms with E-state index in [4.69, 9.17) is 19.1 Å². The number of hydroxylamine groups is 4. The summed E-state index contributed by atoms with van der Waals surface area (Å²) in [7, 11) is 0. The van der Waals surface area contributed by atoms with E-state index < -0.39 is 22.4 Å². The lowest BCUT2D eigenvalue weighted by atomic mass is 9.70. The number of carbonyl (C=O) groups excluding carboxylic acids is 2. The minimum Gasteiger partial charge on any atom is -0.360 e. The number of carbonyl (C=O) groups is 2. The zero-order chi connectivity index (χ0) is 31.6. The molecule has 0 amide bonds. The molecule has 4 rings (SSSR count). The Balaban J connectivity index is 1.48. The molecule has 2 spiro atoms. The van der Waals surface area contributed by atoms with Crippen molar-refractivity contribution in [3.05, 3.63) is 0 Å². The third kappa shape index (κ3) is 6.15. The monoisotopic (exact) mass is 592 g/mol. The van der Waals surface area contributed by atoms with Crippen LogP contribution in [0.2, 0.25) is 0 Å². The van der Waals surface area contributed by atoms with Crippen LogP contribution in [0, 0.1) is 0 Å². The molecular formula is C34H60N2O6. The molecule has 4 aliphatic heterocycles. The minimum atomic E-state index is -0.832. The fourth-order valence-electron chi connectivity index (χ4n) is 9.39. The zero-order valence-electron chi connectivity index (χ0n) is 28.8. The Kier molecular flexibility index (Phi) is 8.79. The molecule has 0 N–H and O–H groups in total. The second-order valence-corrected chi connectivity index (χ2v) is 17.0. The highest BCUT2D eigenvalue weighted by Gasteiger charge is 2.65. The highest BCUT2D eigenvalue weighted by Crippen LogP contribution is 2.55. The predicted molar refractivity (Wildman–Crippen MR) is 164 cm³/mol. The van der Waals surface area contributed by atoms with Crippen LogP contribution >= 0.6 is 0 Å². The summed E-state index contributed by atoms with van der Waals surface area (Å²) in [6.45, 7) is 26.9. The molecule has 8 heteroatoms. The fourth-order valence-corrected chi connectivity index (χ4v) is 9.39. The first-order valence-corrected chi connectivity index (χ1v) is 16.4. The topological polar surface area (TPSA) is 77.5 Å². The second-order valence-electron chi connectivity index (χ2n) is 17.0. The molecule has 4 aliphatic rings. The molecule has 8 nitrogen and oxygen atoms in total. The molecule has 2 atom stereocenters. The molecule has 2 unspecified atom stereocenters. The van der Waals surface area contributed by atoms with Gasteiger partial charge in [0.25, 0.3) is 0 Å². The number of ether oxygens (including phenoxy) is 2. The van der Waals surface area contributed by atoms with Gasteiger partial charge in [-0.15, -0.1) is 0 Å². The van der Waals surface area contributed by atoms with Crippen LogP contribution in [0.5, 0.6) is 0 Å². The van der Waals surface area contributed by atoms with Crippen molar-refractivity contribution in [1.29, 1.82) is 0 Å². The maximum absolute atomic E-state index is 13.8. The maximum atomic E-state index is 13.8. The van der Waals surface area contributed by atoms with E-state index in [9.17, 15) is 9.59 Å². The summed E-state index contributed by atoms with van der Waals surface area (Å²) in [4.78, 5) is 40.0. The molecule has 242 valence electrons. The van der Waals surface area contributed by atoms with E-state index >= 15 is 0 Å². The van der Waals surface area contributed by atoms with Gasteiger partial charge in [-0.1, -0.05) is 13.8 Å². The van der Waals surface area contributed by atoms with Crippen molar-refractivity contribution in [3.63, 3.8) is 0 Å². The summed E-state index contributed by atoms with van der Waals surface area (Å²) in [6.07, 6.45) is 6.34. The van der Waals surface area contributed by atoms with E-state index in [-0.39, 0.29) is 33.7 Å². The summed E-state index contributed by atoms with van der Waals surface area (Å²) in [5, 5.41) is 4.20. The van der Waals surface area contributed by atoms with Gasteiger partial charge in [0.1, 0.15) is 11.2 Å². The second kappa shape index (κ2) is 10.9. The largest absolute Gasteiger partial charge is 0.360 e. The van der Waals surface area contributed by atoms with Crippen molar-refractivity contribution in [2.24, 2.45) is 0 Å². The van der Waals surface area contributed by atoms with Crippen LogP contribution in [0.3, 0.4) is 0 Å². The first-order chi connectivity index (χ1) is 19.1. The van der Waals surface area contributed by atoms with Gasteiger partial charge >= 0.3 is 0 Å². The Labute approximate surface area is 255 Å². The first-order valence-electron chi connectivity index (χ1n) is 16.4. The van der Waals surface area contributed by atoms with Crippen LogP contribution in [0.4, 0.5) is 0 Å². The summed E-state index contributed by atoms with van der Waals surface area (Å²) in [5.41, 5.74) is -4.28. The number of hydrogen-bond acceptors (Lipinski definition) is 8. The van der Waals surface area contributed by atoms with E-state index in [1.54, 1.807) is 0 Å². The van der Waals surface area contributed by atoms with Crippen LogP contribution in [-0.2, 0) is 28.7 Å². The Hall–Kier alpha value is -0.900. The molecule has 0 radical (unpaired) electrons. The summed E-state index contributed by atoms with van der Waals surface area (Å²) in [5.74, 6) is 0.378. The highest BCUT2D eigenvalue weighted by molar-refractivity contribution is 5.91. The number of nitrogens with zero attached hydrogens (tertiary/aromatic N) is 2. The first kappa shape index (κ1) is 34.0. The smallest absolute Gasteiger partial charge is 0.167 e. The summed E-state index contributed by atoms with van der Waals surface area (Å²) < 4.78 is 13.8. The van der Waals surface area contributed by atoms with Crippen molar-refractivity contribution < 1.29 is 28.7 Å². The summed E-state index contributed by atoms with van der Waals surface area (Å²) in [6, 6.07) is 0. The van der Waals surface area contributed by atoms with Crippen molar-refractivity contribution in [1.82, 2.24) is 10.1 Å². The number of ketones is 2. The SMILES string of the molecule is CCCON1C(C)(C)CC2(CC1(C)C)OC(C)(CCC1(C)CC(=O)C3(CC(C)(C)N(OCCC)C(C)(C)C3)O1)CC2=O. The van der Waals surface area contributed by atoms with Gasteiger partial charge < -0.3 is 9.47 Å². The van der Waals surface area contributed by atoms with Gasteiger partial charge in [-0.3, -0.25) is 19.3 Å². The van der Waals surface area contributed by atoms with Crippen LogP contribution in [-0.4, -0.2) is 79.5 Å². The number of Topliss-reactive ketones (excluding diaryl/α,β-unsaturated/α-hetero) is 2. The van der Waals surface area contributed by atoms with Gasteiger partial charge in [-0.25, -0.2) is 0 Å². The predicted octanol–water partition coefficient (Wildman–Crippen LogP) is 6.73. The van der Waals surface area contributed by atoms with E-state index in [1.807, 2.05) is 0 Å². The van der Waals surface area contributed by atoms with Crippen molar-refractivity contribution >= 4 is 11.6 Å². The minimum absolute atomic E-state index is 0.189. The van der Waals surface area contributed by atoms with E-state index in [0.29, 0.717) is 64.6 Å². The third-order valence-corrected chi connectivity index (χ3v) is 10.1. The molecule has 0 aromatic carbocycles. The van der Waals surface area contributed by atoms with E-state index in [1.165, 1.54) is 0 Å². The molecule has 4 fully saturated rings. The lowest BCUT2D eigenvalue weighted by Gasteiger charge is -2.57. The van der Waals surface area contributed by atoms with E-state index in [0.717, 1.165) is 12.8 Å². The molecule has 4 heterocycles. The van der Waals surface area contributed by atoms with Crippen LogP contribution < -0.4 is 0 Å². The number of rotatable bonds is 9. The lowest BCUT2D eigenvalue weighted by Crippen LogP contribution is -2.67. The molecule has 0 bridgehead atoms. The quantitative estimate of drug-likeness (QED) is 0.292. The van der Waals surface area contributed by atoms with Crippen molar-refractivity contribution in [2.45, 2.75) is 192 Å².